The number of benzene rings is 15. The van der Waals surface area contributed by atoms with Crippen LogP contribution in [0.4, 0.5) is 85.4 Å². The topological polar surface area (TPSA) is 80.7 Å². The molecule has 15 heterocycles. The molecule has 15 aliphatic rings. The Bertz CT molecular complexity index is 8030. The Morgan fingerprint density at radius 3 is 1.05 bits per heavy atom. The van der Waals surface area contributed by atoms with Gasteiger partial charge in [0, 0.05) is 119 Å². The Labute approximate surface area is 813 Å². The van der Waals surface area contributed by atoms with E-state index in [-0.39, 0.29) is 0 Å². The second kappa shape index (κ2) is 30.3. The van der Waals surface area contributed by atoms with Crippen molar-refractivity contribution >= 4 is 85.4 Å². The lowest BCUT2D eigenvalue weighted by atomic mass is 9.85. The van der Waals surface area contributed by atoms with Crippen molar-refractivity contribution in [3.63, 3.8) is 0 Å². The first-order valence-electron chi connectivity index (χ1n) is 49.8. The summed E-state index contributed by atoms with van der Waals surface area (Å²) in [6.45, 7) is 0. The molecule has 140 heavy (non-hydrogen) atoms. The van der Waals surface area contributed by atoms with Crippen LogP contribution in [-0.4, -0.2) is 24.9 Å². The van der Waals surface area contributed by atoms with Gasteiger partial charge in [-0.25, -0.2) is 4.98 Å². The molecule has 5 aromatic heterocycles. The standard InChI is InChI=1S/5C26H18N2/c1-3-7-21-16(5-1)11-18-9-10-24-22(25(18)21)13-20-15-27-14-19-12-17-6-2-4-8-23(17)28(24)26(19)20;1-3-7-20-16(5-1)13-18-9-10-24-21(25(18)20)14-19-11-12-27-22-15-17-6-2-4-8-23(17)28(24)26(19)22;1-2-9-22-16(5-1)11-20-14-21-13-18-7-3-6-17-12-19-8-4-10-27-26(19)28(25(17)18)24(21)15-23(20)22;1-2-7-22-16(4-1)10-20-13-21-12-19-6-3-5-18-11-17-8-9-27-15-25(17)28(26(18)19)24(21)14-23(20)22;1-2-7-22-16(4-1)10-19-13-20-11-17-5-3-6-18-12-21-15-27-9-8-24(21)28(26(17)18)25(20)14-23(19)22/h1-10,14-15H,11-13H2;1-12H,13-15H2;1-10,14-15H,11-13H2;2*1-9,13-15H,10-12H2. The van der Waals surface area contributed by atoms with Crippen LogP contribution < -0.4 is 24.5 Å². The summed E-state index contributed by atoms with van der Waals surface area (Å²) < 4.78 is 0. The average Bonchev–Trinajstić information content (AvgIpc) is 0.854. The first kappa shape index (κ1) is 78.3. The second-order valence-corrected chi connectivity index (χ2v) is 40.3. The highest BCUT2D eigenvalue weighted by atomic mass is 15.2. The molecule has 0 spiro atoms. The molecule has 0 saturated carbocycles. The second-order valence-electron chi connectivity index (χ2n) is 40.3. The number of pyridine rings is 5. The number of fused-ring (bicyclic) bond motifs is 37. The molecule has 10 heteroatoms. The van der Waals surface area contributed by atoms with Crippen LogP contribution in [-0.2, 0) is 96.3 Å². The fourth-order valence-corrected chi connectivity index (χ4v) is 26.8. The van der Waals surface area contributed by atoms with Crippen molar-refractivity contribution in [3.05, 3.63) is 532 Å². The van der Waals surface area contributed by atoms with Gasteiger partial charge in [0.05, 0.1) is 80.1 Å². The summed E-state index contributed by atoms with van der Waals surface area (Å²) in [7, 11) is 0. The first-order valence-corrected chi connectivity index (χ1v) is 49.8. The number of anilines is 15. The molecular weight excluding hydrogens is 1700 g/mol. The van der Waals surface area contributed by atoms with Crippen LogP contribution in [0.3, 0.4) is 0 Å². The van der Waals surface area contributed by atoms with Gasteiger partial charge in [0.15, 0.2) is 0 Å². The molecular formula is C130H90N10. The van der Waals surface area contributed by atoms with Gasteiger partial charge in [-0.2, -0.15) is 0 Å². The number of para-hydroxylation sites is 5. The van der Waals surface area contributed by atoms with Crippen molar-refractivity contribution in [1.82, 2.24) is 24.9 Å². The Balaban J connectivity index is 0.0000000806. The molecule has 10 nitrogen and oxygen atoms in total. The number of rotatable bonds is 0. The van der Waals surface area contributed by atoms with Crippen molar-refractivity contribution in [2.24, 2.45) is 0 Å². The van der Waals surface area contributed by atoms with Crippen LogP contribution in [0.25, 0.3) is 55.6 Å². The van der Waals surface area contributed by atoms with E-state index in [9.17, 15) is 0 Å². The smallest absolute Gasteiger partial charge is 0.141 e. The zero-order chi connectivity index (χ0) is 91.2. The van der Waals surface area contributed by atoms with Crippen molar-refractivity contribution < 1.29 is 0 Å². The Morgan fingerprint density at radius 2 is 0.500 bits per heavy atom. The van der Waals surface area contributed by atoms with E-state index >= 15 is 0 Å². The first-order chi connectivity index (χ1) is 69.4. The summed E-state index contributed by atoms with van der Waals surface area (Å²) >= 11 is 0. The van der Waals surface area contributed by atoms with Crippen molar-refractivity contribution in [2.45, 2.75) is 96.3 Å². The minimum Gasteiger partial charge on any atom is -0.309 e. The maximum absolute atomic E-state index is 4.81. The van der Waals surface area contributed by atoms with E-state index in [4.69, 9.17) is 9.97 Å². The van der Waals surface area contributed by atoms with Gasteiger partial charge >= 0.3 is 0 Å². The van der Waals surface area contributed by atoms with Crippen LogP contribution in [0.2, 0.25) is 0 Å². The quantitative estimate of drug-likeness (QED) is 0.146. The van der Waals surface area contributed by atoms with Gasteiger partial charge < -0.3 is 19.6 Å². The van der Waals surface area contributed by atoms with E-state index in [1.165, 1.54) is 302 Å². The van der Waals surface area contributed by atoms with Gasteiger partial charge in [-0.15, -0.1) is 0 Å². The minimum absolute atomic E-state index is 0.916. The van der Waals surface area contributed by atoms with Crippen LogP contribution in [0, 0.1) is 0 Å². The predicted octanol–water partition coefficient (Wildman–Crippen LogP) is 29.7. The van der Waals surface area contributed by atoms with Crippen LogP contribution in [0.1, 0.15) is 167 Å². The predicted molar refractivity (Wildman–Crippen MR) is 564 cm³/mol. The SMILES string of the molecule is c1ccc2c(c1)Cc1cc3c(cc1-2)N1c2ccncc2Cc2cccc(c21)C3.c1ccc2c(c1)Cc1cc3c(cc1-2)N1c2cnccc2Cc2cccc(c21)C3.c1ccc2c(c1)Cc1cc3c(cc1-2)N1c2ncccc2Cc2cccc(c21)C3.c1ccc2c(c1)Cc1ccc3c(c1-2)Cc1ccnc2c1N3c1ccccc1C2.c1ccc2c(c1)Cc1ccc3c(c1-2)Cc1cncc2c1N3c1ccccc1C2. The molecule has 0 unspecified atom stereocenters. The van der Waals surface area contributed by atoms with Gasteiger partial charge in [-0.1, -0.05) is 249 Å². The summed E-state index contributed by atoms with van der Waals surface area (Å²) in [6.07, 6.45) is 30.9. The minimum atomic E-state index is 0.916. The highest BCUT2D eigenvalue weighted by Crippen LogP contribution is 2.61. The highest BCUT2D eigenvalue weighted by molar-refractivity contribution is 6.00. The molecule has 20 aromatic rings. The van der Waals surface area contributed by atoms with Crippen LogP contribution in [0.15, 0.2) is 365 Å². The van der Waals surface area contributed by atoms with Crippen LogP contribution >= 0.6 is 0 Å². The fraction of sp³-hybridized carbons (Fsp3) is 0.115. The molecule has 15 aromatic carbocycles. The van der Waals surface area contributed by atoms with Crippen LogP contribution in [0.5, 0.6) is 0 Å². The van der Waals surface area contributed by atoms with E-state index in [1.54, 1.807) is 0 Å². The molecule has 35 rings (SSSR count). The summed E-state index contributed by atoms with van der Waals surface area (Å²) in [5.41, 5.74) is 74.8. The summed E-state index contributed by atoms with van der Waals surface area (Å²) in [6, 6.07) is 117. The molecule has 10 aliphatic heterocycles. The molecule has 0 N–H and O–H groups in total. The third-order valence-electron chi connectivity index (χ3n) is 32.7. The average molecular weight is 1790 g/mol. The van der Waals surface area contributed by atoms with Crippen molar-refractivity contribution in [1.29, 1.82) is 0 Å². The highest BCUT2D eigenvalue weighted by Gasteiger charge is 2.42. The summed E-state index contributed by atoms with van der Waals surface area (Å²) in [4.78, 5) is 35.4. The van der Waals surface area contributed by atoms with Gasteiger partial charge in [-0.05, 0) is 316 Å². The molecule has 5 aliphatic carbocycles. The third kappa shape index (κ3) is 11.8. The normalized spacial score (nSPS) is 14.6. The fourth-order valence-electron chi connectivity index (χ4n) is 26.8. The third-order valence-corrected chi connectivity index (χ3v) is 32.7. The zero-order valence-electron chi connectivity index (χ0n) is 77.2. The lowest BCUT2D eigenvalue weighted by molar-refractivity contribution is 0.960. The van der Waals surface area contributed by atoms with Gasteiger partial charge in [0.2, 0.25) is 0 Å². The molecule has 0 saturated heterocycles. The largest absolute Gasteiger partial charge is 0.309 e. The van der Waals surface area contributed by atoms with Gasteiger partial charge in [0.1, 0.15) is 5.82 Å². The maximum atomic E-state index is 4.81. The molecule has 0 fully saturated rings. The lowest BCUT2D eigenvalue weighted by Crippen LogP contribution is -2.25. The number of hydrogen-bond donors (Lipinski definition) is 0. The number of nitrogens with zero attached hydrogens (tertiary/aromatic N) is 10. The Hall–Kier alpha value is -17.0. The van der Waals surface area contributed by atoms with E-state index in [1.807, 2.05) is 37.2 Å². The Morgan fingerprint density at radius 1 is 0.157 bits per heavy atom. The van der Waals surface area contributed by atoms with Crippen molar-refractivity contribution in [2.75, 3.05) is 24.5 Å². The maximum Gasteiger partial charge on any atom is 0.141 e. The molecule has 0 atom stereocenters. The Kier molecular flexibility index (Phi) is 16.9. The van der Waals surface area contributed by atoms with Gasteiger partial charge in [-0.3, -0.25) is 24.8 Å². The van der Waals surface area contributed by atoms with E-state index in [0.717, 1.165) is 102 Å². The monoisotopic (exact) mass is 1790 g/mol. The van der Waals surface area contributed by atoms with E-state index < -0.39 is 0 Å². The summed E-state index contributed by atoms with van der Waals surface area (Å²) in [5, 5.41) is 0. The van der Waals surface area contributed by atoms with Crippen molar-refractivity contribution in [3.8, 4) is 55.6 Å². The molecule has 0 amide bonds. The lowest BCUT2D eigenvalue weighted by Gasteiger charge is -2.39. The van der Waals surface area contributed by atoms with E-state index in [0.29, 0.717) is 0 Å². The number of aromatic nitrogens is 5. The molecule has 660 valence electrons. The van der Waals surface area contributed by atoms with E-state index in [2.05, 4.69) is 367 Å². The summed E-state index contributed by atoms with van der Waals surface area (Å²) in [5.74, 6) is 1.09. The van der Waals surface area contributed by atoms with Gasteiger partial charge in [0.25, 0.3) is 0 Å². The number of hydrogen-bond acceptors (Lipinski definition) is 10. The zero-order valence-corrected chi connectivity index (χ0v) is 77.2. The molecule has 0 bridgehead atoms. The molecule has 0 radical (unpaired) electrons.